The molecule has 2 aromatic heterocycles. The van der Waals surface area contributed by atoms with E-state index in [0.717, 1.165) is 83.2 Å². The minimum atomic E-state index is 0.136. The number of nitrogens with zero attached hydrogens (tertiary/aromatic N) is 2. The average Bonchev–Trinajstić information content (AvgIpc) is 3.67. The molecule has 2 aromatic carbocycles. The SMILES string of the molecule is Cc1cc(-c2cccc(-c3cccc(-c4cc(C)c(CNC[C@@H]5CCC(=O)C5)c(Cl)n4)c3Cl)c2Cl)nc(Cl)c1CCC[C@@H]1CCC(=O)N1. The molecule has 0 bridgehead atoms. The Morgan fingerprint density at radius 1 is 0.792 bits per heavy atom. The number of rotatable bonds is 11. The molecule has 1 amide bonds. The van der Waals surface area contributed by atoms with Crippen molar-refractivity contribution in [2.75, 3.05) is 6.54 Å². The molecule has 1 aliphatic heterocycles. The molecule has 6 rings (SSSR count). The number of aryl methyl sites for hydroxylation is 2. The van der Waals surface area contributed by atoms with Crippen LogP contribution in [0.1, 0.15) is 67.2 Å². The zero-order valence-corrected chi connectivity index (χ0v) is 30.1. The van der Waals surface area contributed by atoms with E-state index in [0.29, 0.717) is 69.2 Å². The van der Waals surface area contributed by atoms with E-state index in [2.05, 4.69) is 10.6 Å². The average molecular weight is 725 g/mol. The first-order valence-electron chi connectivity index (χ1n) is 16.5. The van der Waals surface area contributed by atoms with Crippen molar-refractivity contribution in [3.63, 3.8) is 0 Å². The lowest BCUT2D eigenvalue weighted by molar-refractivity contribution is -0.119. The first kappa shape index (κ1) is 34.8. The third-order valence-electron chi connectivity index (χ3n) is 9.58. The van der Waals surface area contributed by atoms with Crippen molar-refractivity contribution in [3.05, 3.63) is 91.1 Å². The summed E-state index contributed by atoms with van der Waals surface area (Å²) in [5, 5.41) is 8.43. The summed E-state index contributed by atoms with van der Waals surface area (Å²) in [7, 11) is 0. The van der Waals surface area contributed by atoms with Crippen LogP contribution in [0.15, 0.2) is 48.5 Å². The van der Waals surface area contributed by atoms with E-state index in [-0.39, 0.29) is 11.9 Å². The molecule has 250 valence electrons. The lowest BCUT2D eigenvalue weighted by Crippen LogP contribution is -2.25. The van der Waals surface area contributed by atoms with Crippen molar-refractivity contribution in [3.8, 4) is 33.6 Å². The van der Waals surface area contributed by atoms with Crippen LogP contribution in [0, 0.1) is 19.8 Å². The van der Waals surface area contributed by atoms with Crippen LogP contribution in [0.5, 0.6) is 0 Å². The molecule has 6 nitrogen and oxygen atoms in total. The molecule has 0 spiro atoms. The summed E-state index contributed by atoms with van der Waals surface area (Å²) in [4.78, 5) is 32.6. The Hall–Kier alpha value is -3.00. The summed E-state index contributed by atoms with van der Waals surface area (Å²) in [5.74, 6) is 0.867. The Labute approximate surface area is 302 Å². The zero-order valence-electron chi connectivity index (χ0n) is 27.1. The molecule has 1 saturated carbocycles. The highest BCUT2D eigenvalue weighted by Gasteiger charge is 2.23. The van der Waals surface area contributed by atoms with E-state index in [1.165, 1.54) is 0 Å². The number of aromatic nitrogens is 2. The highest BCUT2D eigenvalue weighted by molar-refractivity contribution is 6.39. The van der Waals surface area contributed by atoms with Crippen LogP contribution in [-0.2, 0) is 22.6 Å². The second kappa shape index (κ2) is 15.3. The number of pyridine rings is 2. The Bertz CT molecular complexity index is 1700. The van der Waals surface area contributed by atoms with Gasteiger partial charge in [0.2, 0.25) is 5.91 Å². The summed E-state index contributed by atoms with van der Waals surface area (Å²) >= 11 is 27.7. The monoisotopic (exact) mass is 722 g/mol. The van der Waals surface area contributed by atoms with Gasteiger partial charge in [-0.05, 0) is 87.2 Å². The number of halogens is 4. The fourth-order valence-corrected chi connectivity index (χ4v) is 8.16. The van der Waals surface area contributed by atoms with Crippen molar-refractivity contribution in [2.45, 2.75) is 77.8 Å². The predicted octanol–water partition coefficient (Wildman–Crippen LogP) is 9.77. The van der Waals surface area contributed by atoms with E-state index in [4.69, 9.17) is 56.4 Å². The van der Waals surface area contributed by atoms with Gasteiger partial charge in [-0.25, -0.2) is 9.97 Å². The van der Waals surface area contributed by atoms with Crippen molar-refractivity contribution in [1.29, 1.82) is 0 Å². The summed E-state index contributed by atoms with van der Waals surface area (Å²) in [5.41, 5.74) is 8.43. The van der Waals surface area contributed by atoms with Crippen LogP contribution < -0.4 is 10.6 Å². The van der Waals surface area contributed by atoms with E-state index in [1.54, 1.807) is 0 Å². The number of hydrogen-bond donors (Lipinski definition) is 2. The molecule has 2 N–H and O–H groups in total. The number of nitrogens with one attached hydrogen (secondary N) is 2. The smallest absolute Gasteiger partial charge is 0.220 e. The lowest BCUT2D eigenvalue weighted by atomic mass is 9.96. The highest BCUT2D eigenvalue weighted by Crippen LogP contribution is 2.43. The lowest BCUT2D eigenvalue weighted by Gasteiger charge is -2.16. The van der Waals surface area contributed by atoms with Crippen LogP contribution in [0.3, 0.4) is 0 Å². The third-order valence-corrected chi connectivity index (χ3v) is 11.0. The van der Waals surface area contributed by atoms with Gasteiger partial charge in [-0.2, -0.15) is 0 Å². The standard InChI is InChI=1S/C38H38Cl4N4O2/c1-21-16-32(45-37(41)26(21)7-3-6-24-13-15-34(48)44-24)29-10-4-8-27(35(29)39)28-9-5-11-30(36(28)40)33-17-22(2)31(38(42)46-33)20-43-19-23-12-14-25(47)18-23/h4-5,8-11,16-17,23-24,43H,3,6-7,12-15,18-20H2,1-2H3,(H,44,48)/t23-,24-/m1/s1. The molecule has 3 heterocycles. The Kier molecular flexibility index (Phi) is 11.1. The molecular formula is C38H38Cl4N4O2. The van der Waals surface area contributed by atoms with Gasteiger partial charge in [-0.15, -0.1) is 0 Å². The molecule has 1 saturated heterocycles. The predicted molar refractivity (Wildman–Crippen MR) is 196 cm³/mol. The quantitative estimate of drug-likeness (QED) is 0.151. The van der Waals surface area contributed by atoms with Crippen LogP contribution in [0.25, 0.3) is 33.6 Å². The molecule has 0 radical (unpaired) electrons. The van der Waals surface area contributed by atoms with E-state index >= 15 is 0 Å². The number of Topliss-reactive ketones (excluding diaryl/α,β-unsaturated/α-hetero) is 1. The van der Waals surface area contributed by atoms with Crippen LogP contribution in [-0.4, -0.2) is 34.2 Å². The number of benzene rings is 2. The van der Waals surface area contributed by atoms with Crippen molar-refractivity contribution >= 4 is 58.1 Å². The van der Waals surface area contributed by atoms with Crippen LogP contribution in [0.4, 0.5) is 0 Å². The molecule has 2 aliphatic rings. The first-order valence-corrected chi connectivity index (χ1v) is 18.0. The molecular weight excluding hydrogens is 686 g/mol. The van der Waals surface area contributed by atoms with Crippen molar-refractivity contribution < 1.29 is 9.59 Å². The fourth-order valence-electron chi connectivity index (χ4n) is 6.87. The van der Waals surface area contributed by atoms with Crippen LogP contribution >= 0.6 is 46.4 Å². The molecule has 2 atom stereocenters. The minimum absolute atomic E-state index is 0.136. The van der Waals surface area contributed by atoms with Gasteiger partial charge < -0.3 is 10.6 Å². The van der Waals surface area contributed by atoms with Gasteiger partial charge >= 0.3 is 0 Å². The zero-order chi connectivity index (χ0) is 33.9. The molecule has 48 heavy (non-hydrogen) atoms. The Morgan fingerprint density at radius 3 is 1.90 bits per heavy atom. The second-order valence-electron chi connectivity index (χ2n) is 13.0. The summed E-state index contributed by atoms with van der Waals surface area (Å²) in [6.07, 6.45) is 6.41. The minimum Gasteiger partial charge on any atom is -0.353 e. The number of ketones is 1. The van der Waals surface area contributed by atoms with Crippen molar-refractivity contribution in [1.82, 2.24) is 20.6 Å². The van der Waals surface area contributed by atoms with Gasteiger partial charge in [0.15, 0.2) is 0 Å². The molecule has 0 unspecified atom stereocenters. The maximum absolute atomic E-state index is 11.6. The van der Waals surface area contributed by atoms with Crippen LogP contribution in [0.2, 0.25) is 20.4 Å². The van der Waals surface area contributed by atoms with Gasteiger partial charge in [0, 0.05) is 59.7 Å². The van der Waals surface area contributed by atoms with E-state index < -0.39 is 0 Å². The first-order chi connectivity index (χ1) is 23.1. The summed E-state index contributed by atoms with van der Waals surface area (Å²) < 4.78 is 0. The molecule has 10 heteroatoms. The number of carbonyl (C=O) groups excluding carboxylic acids is 2. The normalized spacial score (nSPS) is 17.7. The van der Waals surface area contributed by atoms with Gasteiger partial charge in [0.25, 0.3) is 0 Å². The maximum atomic E-state index is 11.6. The number of hydrogen-bond acceptors (Lipinski definition) is 5. The van der Waals surface area contributed by atoms with Crippen molar-refractivity contribution in [2.24, 2.45) is 5.92 Å². The Morgan fingerprint density at radius 2 is 1.38 bits per heavy atom. The van der Waals surface area contributed by atoms with E-state index in [9.17, 15) is 9.59 Å². The Balaban J connectivity index is 1.21. The van der Waals surface area contributed by atoms with E-state index in [1.807, 2.05) is 62.4 Å². The van der Waals surface area contributed by atoms with Gasteiger partial charge in [-0.1, -0.05) is 82.8 Å². The summed E-state index contributed by atoms with van der Waals surface area (Å²) in [6, 6.07) is 15.9. The molecule has 4 aromatic rings. The van der Waals surface area contributed by atoms with Gasteiger partial charge in [0.05, 0.1) is 21.4 Å². The molecule has 1 aliphatic carbocycles. The van der Waals surface area contributed by atoms with Gasteiger partial charge in [-0.3, -0.25) is 9.59 Å². The third kappa shape index (κ3) is 7.74. The van der Waals surface area contributed by atoms with Gasteiger partial charge in [0.1, 0.15) is 16.1 Å². The topological polar surface area (TPSA) is 84.0 Å². The summed E-state index contributed by atoms with van der Waals surface area (Å²) in [6.45, 7) is 5.43. The second-order valence-corrected chi connectivity index (χ2v) is 14.5. The maximum Gasteiger partial charge on any atom is 0.220 e. The fraction of sp³-hybridized carbons (Fsp3) is 0.368. The molecule has 2 fully saturated rings. The largest absolute Gasteiger partial charge is 0.353 e. The highest BCUT2D eigenvalue weighted by atomic mass is 35.5. The number of carbonyl (C=O) groups is 2. The number of amides is 1.